The van der Waals surface area contributed by atoms with Crippen LogP contribution < -0.4 is 5.32 Å². The van der Waals surface area contributed by atoms with Crippen molar-refractivity contribution < 1.29 is 19.2 Å². The molecule has 1 heterocycles. The summed E-state index contributed by atoms with van der Waals surface area (Å²) in [6, 6.07) is 4.52. The number of nitro groups is 1. The van der Waals surface area contributed by atoms with E-state index in [4.69, 9.17) is 4.74 Å². The van der Waals surface area contributed by atoms with Gasteiger partial charge in [-0.25, -0.2) is 9.79 Å². The Morgan fingerprint density at radius 1 is 1.35 bits per heavy atom. The van der Waals surface area contributed by atoms with Gasteiger partial charge >= 0.3 is 12.0 Å². The zero-order valence-corrected chi connectivity index (χ0v) is 14.3. The van der Waals surface area contributed by atoms with Gasteiger partial charge in [0.1, 0.15) is 12.0 Å². The van der Waals surface area contributed by atoms with Crippen molar-refractivity contribution in [3.05, 3.63) is 52.1 Å². The number of carbonyl (C=O) groups is 2. The third kappa shape index (κ3) is 3.79. The van der Waals surface area contributed by atoms with Crippen LogP contribution in [0.2, 0.25) is 0 Å². The second-order valence-corrected chi connectivity index (χ2v) is 6.34. The van der Waals surface area contributed by atoms with Gasteiger partial charge in [-0.15, -0.1) is 0 Å². The standard InChI is InChI=1S/C18H19N3O5/c1-11-15(17(22)26-14-5-3-2-4-6-14)16(20-18(23)19-11)12-7-9-13(10-8-12)21(24)25/h3,5,7-10,14-16H,2,4,6H2,1H3,(H,20,23). The number of nitrogens with one attached hydrogen (secondary N) is 1. The number of benzene rings is 1. The first-order chi connectivity index (χ1) is 12.5. The largest absolute Gasteiger partial charge is 0.458 e. The lowest BCUT2D eigenvalue weighted by molar-refractivity contribution is -0.384. The lowest BCUT2D eigenvalue weighted by atomic mass is 9.88. The number of amides is 2. The molecule has 3 unspecified atom stereocenters. The maximum absolute atomic E-state index is 12.7. The van der Waals surface area contributed by atoms with E-state index in [0.29, 0.717) is 11.3 Å². The van der Waals surface area contributed by atoms with Gasteiger partial charge < -0.3 is 10.1 Å². The summed E-state index contributed by atoms with van der Waals surface area (Å²) in [6.07, 6.45) is 6.27. The Bertz CT molecular complexity index is 785. The molecular formula is C18H19N3O5. The third-order valence-corrected chi connectivity index (χ3v) is 4.53. The molecule has 8 nitrogen and oxygen atoms in total. The lowest BCUT2D eigenvalue weighted by Crippen LogP contribution is -2.45. The van der Waals surface area contributed by atoms with Crippen molar-refractivity contribution in [1.82, 2.24) is 5.32 Å². The first-order valence-electron chi connectivity index (χ1n) is 8.43. The number of urea groups is 1. The summed E-state index contributed by atoms with van der Waals surface area (Å²) in [5.74, 6) is -1.24. The first-order valence-corrected chi connectivity index (χ1v) is 8.43. The molecule has 1 aliphatic carbocycles. The second-order valence-electron chi connectivity index (χ2n) is 6.34. The number of hydrogen-bond acceptors (Lipinski definition) is 5. The van der Waals surface area contributed by atoms with Crippen molar-refractivity contribution in [3.63, 3.8) is 0 Å². The van der Waals surface area contributed by atoms with Gasteiger partial charge in [0, 0.05) is 17.8 Å². The van der Waals surface area contributed by atoms with Gasteiger partial charge in [0.15, 0.2) is 0 Å². The van der Waals surface area contributed by atoms with Gasteiger partial charge in [-0.3, -0.25) is 14.9 Å². The summed E-state index contributed by atoms with van der Waals surface area (Å²) in [5.41, 5.74) is 0.883. The summed E-state index contributed by atoms with van der Waals surface area (Å²) < 4.78 is 5.58. The monoisotopic (exact) mass is 357 g/mol. The number of esters is 1. The molecule has 0 aromatic heterocycles. The predicted octanol–water partition coefficient (Wildman–Crippen LogP) is 3.09. The van der Waals surface area contributed by atoms with Crippen LogP contribution in [0.3, 0.4) is 0 Å². The van der Waals surface area contributed by atoms with Crippen molar-refractivity contribution in [2.24, 2.45) is 10.9 Å². The van der Waals surface area contributed by atoms with E-state index in [9.17, 15) is 19.7 Å². The third-order valence-electron chi connectivity index (χ3n) is 4.53. The van der Waals surface area contributed by atoms with Gasteiger partial charge in [0.05, 0.1) is 11.0 Å². The fraction of sp³-hybridized carbons (Fsp3) is 0.389. The highest BCUT2D eigenvalue weighted by molar-refractivity contribution is 6.08. The quantitative estimate of drug-likeness (QED) is 0.385. The molecule has 0 bridgehead atoms. The first kappa shape index (κ1) is 17.8. The Kier molecular flexibility index (Phi) is 5.11. The molecule has 1 aromatic rings. The zero-order chi connectivity index (χ0) is 18.7. The van der Waals surface area contributed by atoms with Crippen LogP contribution in [0.5, 0.6) is 0 Å². The fourth-order valence-corrected chi connectivity index (χ4v) is 3.21. The molecule has 0 radical (unpaired) electrons. The summed E-state index contributed by atoms with van der Waals surface area (Å²) in [5, 5.41) is 13.5. The Labute approximate surface area is 150 Å². The van der Waals surface area contributed by atoms with Crippen LogP contribution in [-0.2, 0) is 9.53 Å². The van der Waals surface area contributed by atoms with E-state index in [1.54, 1.807) is 6.92 Å². The summed E-state index contributed by atoms with van der Waals surface area (Å²) in [6.45, 7) is 1.61. The van der Waals surface area contributed by atoms with Crippen LogP contribution in [0.25, 0.3) is 0 Å². The van der Waals surface area contributed by atoms with E-state index in [-0.39, 0.29) is 11.8 Å². The molecule has 0 fully saturated rings. The zero-order valence-electron chi connectivity index (χ0n) is 14.3. The average molecular weight is 357 g/mol. The van der Waals surface area contributed by atoms with E-state index in [2.05, 4.69) is 10.3 Å². The van der Waals surface area contributed by atoms with Crippen LogP contribution >= 0.6 is 0 Å². The molecule has 1 aliphatic heterocycles. The molecule has 2 aliphatic rings. The topological polar surface area (TPSA) is 111 Å². The summed E-state index contributed by atoms with van der Waals surface area (Å²) >= 11 is 0. The molecule has 2 amide bonds. The highest BCUT2D eigenvalue weighted by Crippen LogP contribution is 2.30. The number of rotatable bonds is 4. The molecule has 3 atom stereocenters. The molecule has 0 spiro atoms. The fourth-order valence-electron chi connectivity index (χ4n) is 3.21. The van der Waals surface area contributed by atoms with E-state index in [1.165, 1.54) is 24.3 Å². The van der Waals surface area contributed by atoms with Crippen molar-refractivity contribution in [1.29, 1.82) is 0 Å². The number of ether oxygens (including phenoxy) is 1. The van der Waals surface area contributed by atoms with Crippen LogP contribution in [0.1, 0.15) is 37.8 Å². The highest BCUT2D eigenvalue weighted by atomic mass is 16.6. The number of nitro benzene ring substituents is 1. The van der Waals surface area contributed by atoms with Crippen molar-refractivity contribution in [3.8, 4) is 0 Å². The minimum Gasteiger partial charge on any atom is -0.458 e. The Morgan fingerprint density at radius 3 is 2.69 bits per heavy atom. The average Bonchev–Trinajstić information content (AvgIpc) is 2.61. The minimum atomic E-state index is -0.774. The minimum absolute atomic E-state index is 0.0623. The highest BCUT2D eigenvalue weighted by Gasteiger charge is 2.38. The van der Waals surface area contributed by atoms with Gasteiger partial charge in [0.2, 0.25) is 0 Å². The van der Waals surface area contributed by atoms with E-state index in [0.717, 1.165) is 19.3 Å². The normalized spacial score (nSPS) is 25.2. The van der Waals surface area contributed by atoms with Gasteiger partial charge in [-0.2, -0.15) is 0 Å². The van der Waals surface area contributed by atoms with Crippen LogP contribution in [0.15, 0.2) is 41.4 Å². The van der Waals surface area contributed by atoms with E-state index in [1.807, 2.05) is 12.2 Å². The summed E-state index contributed by atoms with van der Waals surface area (Å²) in [7, 11) is 0. The molecule has 0 saturated heterocycles. The van der Waals surface area contributed by atoms with Gasteiger partial charge in [0.25, 0.3) is 5.69 Å². The predicted molar refractivity (Wildman–Crippen MR) is 93.8 cm³/mol. The molecule has 136 valence electrons. The number of non-ortho nitro benzene ring substituents is 1. The number of carbonyl (C=O) groups excluding carboxylic acids is 2. The van der Waals surface area contributed by atoms with Crippen molar-refractivity contribution >= 4 is 23.4 Å². The van der Waals surface area contributed by atoms with Gasteiger partial charge in [-0.1, -0.05) is 18.2 Å². The van der Waals surface area contributed by atoms with Crippen molar-refractivity contribution in [2.75, 3.05) is 0 Å². The SMILES string of the molecule is CC1=NC(=O)NC(c2ccc([N+](=O)[O-])cc2)C1C(=O)OC1C=CCCC1. The summed E-state index contributed by atoms with van der Waals surface area (Å²) in [4.78, 5) is 38.7. The van der Waals surface area contributed by atoms with E-state index >= 15 is 0 Å². The second kappa shape index (κ2) is 7.47. The maximum atomic E-state index is 12.7. The van der Waals surface area contributed by atoms with Gasteiger partial charge in [-0.05, 0) is 37.8 Å². The Balaban J connectivity index is 1.85. The Hall–Kier alpha value is -3.03. The van der Waals surface area contributed by atoms with Crippen LogP contribution in [0, 0.1) is 16.0 Å². The molecular weight excluding hydrogens is 338 g/mol. The molecule has 3 rings (SSSR count). The number of nitrogens with zero attached hydrogens (tertiary/aromatic N) is 2. The Morgan fingerprint density at radius 2 is 2.08 bits per heavy atom. The maximum Gasteiger partial charge on any atom is 0.341 e. The van der Waals surface area contributed by atoms with E-state index < -0.39 is 28.9 Å². The van der Waals surface area contributed by atoms with Crippen LogP contribution in [0.4, 0.5) is 10.5 Å². The molecule has 8 heteroatoms. The number of allylic oxidation sites excluding steroid dienone is 1. The molecule has 26 heavy (non-hydrogen) atoms. The molecule has 1 aromatic carbocycles. The smallest absolute Gasteiger partial charge is 0.341 e. The number of aliphatic imine (C=N–C) groups is 1. The molecule has 0 saturated carbocycles. The van der Waals surface area contributed by atoms with Crippen molar-refractivity contribution in [2.45, 2.75) is 38.3 Å². The molecule has 1 N–H and O–H groups in total. The van der Waals surface area contributed by atoms with Crippen LogP contribution in [-0.4, -0.2) is 28.7 Å². The lowest BCUT2D eigenvalue weighted by Gasteiger charge is -2.31. The number of hydrogen-bond donors (Lipinski definition) is 1.